The number of benzene rings is 7. The van der Waals surface area contributed by atoms with Gasteiger partial charge in [-0.1, -0.05) is 121 Å². The fourth-order valence-corrected chi connectivity index (χ4v) is 5.55. The second-order valence-electron chi connectivity index (χ2n) is 10.4. The number of hydrazone groups is 2. The van der Waals surface area contributed by atoms with Crippen molar-refractivity contribution in [3.8, 4) is 0 Å². The maximum absolute atomic E-state index is 5.13. The van der Waals surface area contributed by atoms with Crippen LogP contribution in [-0.2, 0) is 0 Å². The van der Waals surface area contributed by atoms with E-state index in [0.717, 1.165) is 44.6 Å². The third kappa shape index (κ3) is 5.44. The predicted molar refractivity (Wildman–Crippen MR) is 187 cm³/mol. The summed E-state index contributed by atoms with van der Waals surface area (Å²) >= 11 is 0. The van der Waals surface area contributed by atoms with Crippen LogP contribution >= 0.6 is 0 Å². The molecule has 0 aromatic heterocycles. The Morgan fingerprint density at radius 1 is 0.295 bits per heavy atom. The van der Waals surface area contributed by atoms with Crippen molar-refractivity contribution < 1.29 is 0 Å². The number of rotatable bonds is 8. The van der Waals surface area contributed by atoms with Crippen molar-refractivity contribution in [1.82, 2.24) is 0 Å². The van der Waals surface area contributed by atoms with Crippen molar-refractivity contribution in [1.29, 1.82) is 0 Å². The Bertz CT molecular complexity index is 1830. The molecular formula is C40H30N4. The molecule has 0 aliphatic heterocycles. The number of para-hydroxylation sites is 4. The fourth-order valence-electron chi connectivity index (χ4n) is 5.55. The summed E-state index contributed by atoms with van der Waals surface area (Å²) in [6.07, 6.45) is 3.96. The van der Waals surface area contributed by atoms with E-state index < -0.39 is 0 Å². The third-order valence-corrected chi connectivity index (χ3v) is 7.62. The summed E-state index contributed by atoms with van der Waals surface area (Å²) in [4.78, 5) is 0. The summed E-state index contributed by atoms with van der Waals surface area (Å²) < 4.78 is 0. The molecule has 0 atom stereocenters. The summed E-state index contributed by atoms with van der Waals surface area (Å²) in [6, 6.07) is 58.0. The van der Waals surface area contributed by atoms with Crippen LogP contribution in [-0.4, -0.2) is 12.4 Å². The molecule has 0 unspecified atom stereocenters. The van der Waals surface area contributed by atoms with Gasteiger partial charge in [-0.25, -0.2) is 10.0 Å². The van der Waals surface area contributed by atoms with Gasteiger partial charge in [-0.3, -0.25) is 0 Å². The summed E-state index contributed by atoms with van der Waals surface area (Å²) in [5, 5.41) is 18.8. The van der Waals surface area contributed by atoms with E-state index in [-0.39, 0.29) is 0 Å². The van der Waals surface area contributed by atoms with E-state index in [1.165, 1.54) is 10.8 Å². The fraction of sp³-hybridized carbons (Fsp3) is 0. The van der Waals surface area contributed by atoms with Crippen molar-refractivity contribution in [2.24, 2.45) is 10.2 Å². The van der Waals surface area contributed by atoms with E-state index in [4.69, 9.17) is 10.2 Å². The van der Waals surface area contributed by atoms with Gasteiger partial charge in [0.1, 0.15) is 0 Å². The molecule has 0 aliphatic rings. The van der Waals surface area contributed by atoms with Gasteiger partial charge in [0.05, 0.1) is 35.2 Å². The molecule has 4 nitrogen and oxygen atoms in total. The first-order valence-electron chi connectivity index (χ1n) is 14.7. The number of nitrogens with zero attached hydrogens (tertiary/aromatic N) is 4. The highest BCUT2D eigenvalue weighted by Crippen LogP contribution is 2.33. The number of hydrogen-bond donors (Lipinski definition) is 0. The zero-order chi connectivity index (χ0) is 29.6. The molecule has 0 saturated heterocycles. The Balaban J connectivity index is 1.44. The molecule has 0 spiro atoms. The van der Waals surface area contributed by atoms with E-state index in [1.54, 1.807) is 0 Å². The Labute approximate surface area is 257 Å². The summed E-state index contributed by atoms with van der Waals surface area (Å²) in [6.45, 7) is 0. The van der Waals surface area contributed by atoms with E-state index in [0.29, 0.717) is 0 Å². The Morgan fingerprint density at radius 2 is 0.545 bits per heavy atom. The van der Waals surface area contributed by atoms with Crippen molar-refractivity contribution in [2.75, 3.05) is 10.0 Å². The lowest BCUT2D eigenvalue weighted by Gasteiger charge is -2.21. The number of hydrogen-bond acceptors (Lipinski definition) is 4. The Kier molecular flexibility index (Phi) is 7.62. The molecule has 4 heteroatoms. The average Bonchev–Trinajstić information content (AvgIpc) is 3.11. The molecule has 0 saturated carbocycles. The van der Waals surface area contributed by atoms with E-state index in [9.17, 15) is 0 Å². The Hall–Kier alpha value is -6.00. The monoisotopic (exact) mass is 566 g/mol. The van der Waals surface area contributed by atoms with Crippen LogP contribution in [0.4, 0.5) is 22.7 Å². The molecule has 7 aromatic carbocycles. The molecule has 0 fully saturated rings. The molecule has 210 valence electrons. The lowest BCUT2D eigenvalue weighted by atomic mass is 9.92. The SMILES string of the molecule is C(=NN(c1ccccc1)c1ccccc1)c1c(C=NN(c2ccccc2)c2ccccc2)c2ccccc2c2ccccc12. The molecular weight excluding hydrogens is 536 g/mol. The topological polar surface area (TPSA) is 31.2 Å². The molecule has 0 amide bonds. The van der Waals surface area contributed by atoms with Crippen LogP contribution in [0.1, 0.15) is 11.1 Å². The van der Waals surface area contributed by atoms with Crippen LogP contribution < -0.4 is 10.0 Å². The standard InChI is InChI=1S/C40H30N4/c1-5-17-31(18-6-1)43(32-19-7-2-8-20-32)41-29-39-37-27-15-13-25-35(37)36-26-14-16-28-38(36)40(39)30-42-44(33-21-9-3-10-22-33)34-23-11-4-12-24-34/h1-30H. The molecule has 0 bridgehead atoms. The molecule has 0 N–H and O–H groups in total. The molecule has 44 heavy (non-hydrogen) atoms. The molecule has 7 rings (SSSR count). The molecule has 0 radical (unpaired) electrons. The minimum absolute atomic E-state index is 0.981. The summed E-state index contributed by atoms with van der Waals surface area (Å²) in [7, 11) is 0. The summed E-state index contributed by atoms with van der Waals surface area (Å²) in [5.74, 6) is 0. The van der Waals surface area contributed by atoms with Crippen molar-refractivity contribution in [3.63, 3.8) is 0 Å². The second-order valence-corrected chi connectivity index (χ2v) is 10.4. The van der Waals surface area contributed by atoms with E-state index >= 15 is 0 Å². The quantitative estimate of drug-likeness (QED) is 0.104. The number of fused-ring (bicyclic) bond motifs is 3. The first-order valence-corrected chi connectivity index (χ1v) is 14.7. The maximum Gasteiger partial charge on any atom is 0.0652 e. The van der Waals surface area contributed by atoms with Crippen LogP contribution in [0.3, 0.4) is 0 Å². The van der Waals surface area contributed by atoms with Gasteiger partial charge in [-0.05, 0) is 70.1 Å². The van der Waals surface area contributed by atoms with Gasteiger partial charge in [-0.15, -0.1) is 0 Å². The van der Waals surface area contributed by atoms with Gasteiger partial charge < -0.3 is 0 Å². The average molecular weight is 567 g/mol. The van der Waals surface area contributed by atoms with E-state index in [1.807, 2.05) is 95.2 Å². The minimum atomic E-state index is 0.981. The van der Waals surface area contributed by atoms with Crippen molar-refractivity contribution in [2.45, 2.75) is 0 Å². The van der Waals surface area contributed by atoms with Crippen LogP contribution in [0.25, 0.3) is 21.5 Å². The van der Waals surface area contributed by atoms with Crippen LogP contribution in [0.2, 0.25) is 0 Å². The second kappa shape index (κ2) is 12.5. The van der Waals surface area contributed by atoms with Gasteiger partial charge in [0.25, 0.3) is 0 Å². The van der Waals surface area contributed by atoms with E-state index in [2.05, 4.69) is 97.1 Å². The smallest absolute Gasteiger partial charge is 0.0652 e. The predicted octanol–water partition coefficient (Wildman–Crippen LogP) is 10.3. The minimum Gasteiger partial charge on any atom is -0.234 e. The van der Waals surface area contributed by atoms with Crippen molar-refractivity contribution >= 4 is 56.7 Å². The normalized spacial score (nSPS) is 11.5. The Morgan fingerprint density at radius 3 is 0.841 bits per heavy atom. The lowest BCUT2D eigenvalue weighted by molar-refractivity contribution is 1.09. The van der Waals surface area contributed by atoms with Gasteiger partial charge in [0.2, 0.25) is 0 Å². The molecule has 7 aromatic rings. The molecule has 0 aliphatic carbocycles. The lowest BCUT2D eigenvalue weighted by Crippen LogP contribution is -2.11. The highest BCUT2D eigenvalue weighted by Gasteiger charge is 2.15. The third-order valence-electron chi connectivity index (χ3n) is 7.62. The largest absolute Gasteiger partial charge is 0.234 e. The highest BCUT2D eigenvalue weighted by molar-refractivity contribution is 6.21. The van der Waals surface area contributed by atoms with Gasteiger partial charge >= 0.3 is 0 Å². The zero-order valence-corrected chi connectivity index (χ0v) is 24.1. The first kappa shape index (κ1) is 26.9. The maximum atomic E-state index is 5.13. The first-order chi connectivity index (χ1) is 21.9. The number of anilines is 4. The van der Waals surface area contributed by atoms with Crippen LogP contribution in [0.5, 0.6) is 0 Å². The zero-order valence-electron chi connectivity index (χ0n) is 24.1. The van der Waals surface area contributed by atoms with Crippen LogP contribution in [0.15, 0.2) is 180 Å². The van der Waals surface area contributed by atoms with Gasteiger partial charge in [-0.2, -0.15) is 10.2 Å². The van der Waals surface area contributed by atoms with Gasteiger partial charge in [0.15, 0.2) is 0 Å². The highest BCUT2D eigenvalue weighted by atomic mass is 15.5. The van der Waals surface area contributed by atoms with Crippen molar-refractivity contribution in [3.05, 3.63) is 181 Å². The van der Waals surface area contributed by atoms with Gasteiger partial charge in [0, 0.05) is 11.1 Å². The molecule has 0 heterocycles. The van der Waals surface area contributed by atoms with Crippen LogP contribution in [0, 0.1) is 0 Å². The summed E-state index contributed by atoms with van der Waals surface area (Å²) in [5.41, 5.74) is 5.93.